The average Bonchev–Trinajstić information content (AvgIpc) is 1.41. The maximum atomic E-state index is 8.28. The fourth-order valence-corrected chi connectivity index (χ4v) is 0. The van der Waals surface area contributed by atoms with Gasteiger partial charge in [-0.05, 0) is 0 Å². The van der Waals surface area contributed by atoms with Gasteiger partial charge < -0.3 is 15.1 Å². The minimum absolute atomic E-state index is 0. The van der Waals surface area contributed by atoms with Crippen LogP contribution in [-0.2, 0) is 1.16 Å². The zero-order valence-corrected chi connectivity index (χ0v) is 4.95. The van der Waals surface area contributed by atoms with Gasteiger partial charge in [-0.25, -0.2) is 0 Å². The first-order valence-electron chi connectivity index (χ1n) is 0.919. The molecule has 7 heavy (non-hydrogen) atoms. The summed E-state index contributed by atoms with van der Waals surface area (Å²) in [5.41, 5.74) is 0. The molecule has 3 N–H and O–H groups in total. The van der Waals surface area contributed by atoms with Gasteiger partial charge in [0.15, 0.2) is 0 Å². The van der Waals surface area contributed by atoms with Crippen molar-refractivity contribution in [3.8, 4) is 0 Å². The normalized spacial score (nSPS) is 4.57. The summed E-state index contributed by atoms with van der Waals surface area (Å²) in [7, 11) is -2.17. The van der Waals surface area contributed by atoms with Crippen molar-refractivity contribution in [1.29, 1.82) is 0 Å². The van der Waals surface area contributed by atoms with Crippen molar-refractivity contribution in [2.24, 2.45) is 0 Å². The first kappa shape index (κ1) is 16.2. The molecule has 0 spiro atoms. The molecule has 4 nitrogen and oxygen atoms in total. The summed E-state index contributed by atoms with van der Waals surface area (Å²) < 4.78 is 8.28. The van der Waals surface area contributed by atoms with Crippen LogP contribution in [0.25, 0.3) is 0 Å². The molecular formula is H5BCaGdO4. The van der Waals surface area contributed by atoms with Crippen LogP contribution in [0.2, 0.25) is 0 Å². The van der Waals surface area contributed by atoms with Crippen LogP contribution >= 0.6 is 0 Å². The van der Waals surface area contributed by atoms with E-state index in [1.807, 2.05) is 0 Å². The fraction of sp³-hybridized carbons (Fsp3) is 0. The van der Waals surface area contributed by atoms with E-state index >= 15 is 0 Å². The van der Waals surface area contributed by atoms with Crippen LogP contribution in [0.5, 0.6) is 0 Å². The third kappa shape index (κ3) is 61.5. The Kier molecular flexibility index (Phi) is 36.4. The summed E-state index contributed by atoms with van der Waals surface area (Å²) in [6, 6.07) is 0. The van der Waals surface area contributed by atoms with Crippen LogP contribution in [0.1, 0.15) is 0 Å². The molecule has 0 aromatic rings. The van der Waals surface area contributed by atoms with E-state index in [4.69, 9.17) is 16.2 Å². The van der Waals surface area contributed by atoms with Crippen molar-refractivity contribution in [3.63, 3.8) is 0 Å². The molecule has 0 unspecified atom stereocenters. The number of hydrogen-bond acceptors (Lipinski definition) is 4. The summed E-state index contributed by atoms with van der Waals surface area (Å²) in [5, 5.41) is 21.5. The Morgan fingerprint density at radius 2 is 1.14 bits per heavy atom. The molecule has 7 heteroatoms. The Bertz CT molecular complexity index is 22.9. The van der Waals surface area contributed by atoms with Crippen LogP contribution in [-0.4, -0.2) is 60.1 Å². The zero-order valence-electron chi connectivity index (χ0n) is 2.68. The molecule has 0 atom stereocenters. The summed E-state index contributed by atoms with van der Waals surface area (Å²) in [6.07, 6.45) is 0. The quantitative estimate of drug-likeness (QED) is 0.410. The molecular weight excluding hydrogens is 272 g/mol. The molecule has 0 bridgehead atoms. The van der Waals surface area contributed by atoms with Gasteiger partial charge in [0.2, 0.25) is 0 Å². The molecule has 0 aromatic heterocycles. The zero-order chi connectivity index (χ0) is 5.58. The minimum atomic E-state index is -2.17. The molecule has 0 saturated carbocycles. The Morgan fingerprint density at radius 1 is 1.14 bits per heavy atom. The molecule has 0 amide bonds. The molecule has 0 aliphatic heterocycles. The van der Waals surface area contributed by atoms with Crippen LogP contribution in [0.15, 0.2) is 0 Å². The Hall–Kier alpha value is 2.33. The van der Waals surface area contributed by atoms with E-state index in [9.17, 15) is 0 Å². The second kappa shape index (κ2) is 15.8. The topological polar surface area (TPSA) is 77.8 Å². The van der Waals surface area contributed by atoms with E-state index in [1.165, 1.54) is 0 Å². The van der Waals surface area contributed by atoms with E-state index < -0.39 is 7.32 Å². The molecule has 0 fully saturated rings. The van der Waals surface area contributed by atoms with E-state index in [1.54, 1.807) is 0 Å². The molecule has 0 rings (SSSR count). The van der Waals surface area contributed by atoms with E-state index in [0.29, 0.717) is 38.0 Å². The Labute approximate surface area is 97.2 Å². The molecule has 0 saturated heterocycles. The second-order valence-electron chi connectivity index (χ2n) is 0.346. The molecule has 0 aliphatic rings. The average molecular weight is 277 g/mol. The van der Waals surface area contributed by atoms with E-state index in [0.717, 1.165) is 0 Å². The Morgan fingerprint density at radius 3 is 1.14 bits per heavy atom. The van der Waals surface area contributed by atoms with Crippen LogP contribution in [0.4, 0.5) is 0 Å². The van der Waals surface area contributed by atoms with Crippen molar-refractivity contribution in [1.82, 2.24) is 0 Å². The van der Waals surface area contributed by atoms with Gasteiger partial charge in [0, 0.05) is 0 Å². The molecule has 0 aliphatic carbocycles. The Balaban J connectivity index is -0.0000000480. The SMILES string of the molecule is OB(O)O.[CaH2].[O]=[Gd]. The van der Waals surface area contributed by atoms with Gasteiger partial charge in [0.05, 0.1) is 0 Å². The van der Waals surface area contributed by atoms with Crippen LogP contribution in [0.3, 0.4) is 0 Å². The summed E-state index contributed by atoms with van der Waals surface area (Å²) >= 11 is 0.611. The van der Waals surface area contributed by atoms with E-state index in [-0.39, 0.29) is 37.7 Å². The van der Waals surface area contributed by atoms with Gasteiger partial charge in [-0.15, -0.1) is 0 Å². The van der Waals surface area contributed by atoms with Crippen LogP contribution in [0, 0.1) is 38.0 Å². The predicted molar refractivity (Wildman–Crippen MR) is 21.6 cm³/mol. The van der Waals surface area contributed by atoms with Gasteiger partial charge in [-0.2, -0.15) is 0 Å². The third-order valence-corrected chi connectivity index (χ3v) is 0. The van der Waals surface area contributed by atoms with E-state index in [2.05, 4.69) is 0 Å². The summed E-state index contributed by atoms with van der Waals surface area (Å²) in [6.45, 7) is 0. The number of hydrogen-bond donors (Lipinski definition) is 3. The van der Waals surface area contributed by atoms with Crippen molar-refractivity contribution < 1.29 is 54.3 Å². The van der Waals surface area contributed by atoms with Gasteiger partial charge in [-0.1, -0.05) is 0 Å². The van der Waals surface area contributed by atoms with Crippen molar-refractivity contribution in [2.45, 2.75) is 0 Å². The third-order valence-electron chi connectivity index (χ3n) is 0. The van der Waals surface area contributed by atoms with Gasteiger partial charge >= 0.3 is 84.2 Å². The fourth-order valence-electron chi connectivity index (χ4n) is 0. The molecule has 42 valence electrons. The van der Waals surface area contributed by atoms with Gasteiger partial charge in [0.25, 0.3) is 0 Å². The molecule has 0 radical (unpaired) electrons. The summed E-state index contributed by atoms with van der Waals surface area (Å²) in [4.78, 5) is 0. The number of rotatable bonds is 0. The monoisotopic (exact) mass is 278 g/mol. The maximum absolute atomic E-state index is 8.28. The van der Waals surface area contributed by atoms with Crippen molar-refractivity contribution in [3.05, 3.63) is 0 Å². The standard InChI is InChI=1S/BH3O3.Ca.Gd.O.2H/c2-1(3)4;;;;;/h2-4H;;;;;. The van der Waals surface area contributed by atoms with Crippen molar-refractivity contribution >= 4 is 45.1 Å². The first-order valence-corrected chi connectivity index (χ1v) is 1.85. The molecule has 0 aromatic carbocycles. The van der Waals surface area contributed by atoms with Crippen LogP contribution < -0.4 is 0 Å². The molecule has 0 heterocycles. The van der Waals surface area contributed by atoms with Crippen molar-refractivity contribution in [2.75, 3.05) is 0 Å². The second-order valence-corrected chi connectivity index (χ2v) is 0.346. The first-order chi connectivity index (χ1) is 2.73. The predicted octanol–water partition coefficient (Wildman–Crippen LogP) is -3.09. The van der Waals surface area contributed by atoms with Gasteiger partial charge in [0.1, 0.15) is 0 Å². The summed E-state index contributed by atoms with van der Waals surface area (Å²) in [5.74, 6) is 0. The van der Waals surface area contributed by atoms with Gasteiger partial charge in [-0.3, -0.25) is 0 Å².